The van der Waals surface area contributed by atoms with E-state index in [0.717, 1.165) is 18.8 Å². The van der Waals surface area contributed by atoms with Gasteiger partial charge in [-0.05, 0) is 31.0 Å². The van der Waals surface area contributed by atoms with Gasteiger partial charge in [-0.15, -0.1) is 0 Å². The molecular weight excluding hydrogens is 186 g/mol. The summed E-state index contributed by atoms with van der Waals surface area (Å²) >= 11 is 5.09. The van der Waals surface area contributed by atoms with Crippen molar-refractivity contribution in [3.8, 4) is 0 Å². The molecule has 0 radical (unpaired) electrons. The zero-order valence-electron chi connectivity index (χ0n) is 7.53. The van der Waals surface area contributed by atoms with Crippen molar-refractivity contribution in [3.63, 3.8) is 0 Å². The summed E-state index contributed by atoms with van der Waals surface area (Å²) in [6.45, 7) is 2.18. The summed E-state index contributed by atoms with van der Waals surface area (Å²) in [5.74, 6) is 1.43. The smallest absolute Gasteiger partial charge is 0.195 e. The Morgan fingerprint density at radius 1 is 1.69 bits per heavy atom. The Morgan fingerprint density at radius 3 is 2.92 bits per heavy atom. The molecule has 0 aliphatic heterocycles. The molecule has 0 atom stereocenters. The second kappa shape index (κ2) is 3.23. The van der Waals surface area contributed by atoms with E-state index >= 15 is 0 Å². The standard InChI is InChI=1S/C8H13N3OS/c1-5-2-6(3-5)11-7(4-12)9-10-8(11)13/h5-6,12H,2-4H2,1H3,(H,10,13). The van der Waals surface area contributed by atoms with Crippen LogP contribution in [0.2, 0.25) is 0 Å². The summed E-state index contributed by atoms with van der Waals surface area (Å²) in [4.78, 5) is 0. The summed E-state index contributed by atoms with van der Waals surface area (Å²) in [7, 11) is 0. The van der Waals surface area contributed by atoms with Crippen LogP contribution in [0.1, 0.15) is 31.6 Å². The van der Waals surface area contributed by atoms with Gasteiger partial charge in [-0.25, -0.2) is 0 Å². The fourth-order valence-electron chi connectivity index (χ4n) is 1.90. The zero-order valence-corrected chi connectivity index (χ0v) is 8.34. The highest BCUT2D eigenvalue weighted by atomic mass is 32.1. The quantitative estimate of drug-likeness (QED) is 0.708. The van der Waals surface area contributed by atoms with E-state index in [1.807, 2.05) is 4.57 Å². The molecule has 0 saturated heterocycles. The monoisotopic (exact) mass is 199 g/mol. The first kappa shape index (κ1) is 8.90. The van der Waals surface area contributed by atoms with E-state index in [1.165, 1.54) is 0 Å². The molecule has 2 N–H and O–H groups in total. The molecular formula is C8H13N3OS. The molecule has 1 fully saturated rings. The Bertz CT molecular complexity index is 351. The van der Waals surface area contributed by atoms with Crippen molar-refractivity contribution < 1.29 is 5.11 Å². The highest BCUT2D eigenvalue weighted by molar-refractivity contribution is 7.71. The van der Waals surface area contributed by atoms with Crippen molar-refractivity contribution in [1.29, 1.82) is 0 Å². The van der Waals surface area contributed by atoms with Gasteiger partial charge < -0.3 is 5.11 Å². The Labute approximate surface area is 81.6 Å². The van der Waals surface area contributed by atoms with Crippen molar-refractivity contribution >= 4 is 12.2 Å². The molecule has 1 aromatic heterocycles. The van der Waals surface area contributed by atoms with Crippen LogP contribution in [0.25, 0.3) is 0 Å². The molecule has 1 aromatic rings. The largest absolute Gasteiger partial charge is 0.388 e. The van der Waals surface area contributed by atoms with Crippen LogP contribution in [0, 0.1) is 10.7 Å². The first-order chi connectivity index (χ1) is 6.22. The third-order valence-electron chi connectivity index (χ3n) is 2.63. The van der Waals surface area contributed by atoms with E-state index in [0.29, 0.717) is 16.6 Å². The Hall–Kier alpha value is -0.680. The van der Waals surface area contributed by atoms with Crippen molar-refractivity contribution in [2.24, 2.45) is 5.92 Å². The maximum Gasteiger partial charge on any atom is 0.195 e. The maximum atomic E-state index is 9.02. The first-order valence-electron chi connectivity index (χ1n) is 4.49. The minimum atomic E-state index is -0.0436. The van der Waals surface area contributed by atoms with Crippen LogP contribution in [0.5, 0.6) is 0 Å². The molecule has 1 aliphatic carbocycles. The van der Waals surface area contributed by atoms with E-state index in [1.54, 1.807) is 0 Å². The lowest BCUT2D eigenvalue weighted by Gasteiger charge is -2.34. The molecule has 0 unspecified atom stereocenters. The van der Waals surface area contributed by atoms with Crippen LogP contribution in [0.4, 0.5) is 0 Å². The normalized spacial score (nSPS) is 27.2. The van der Waals surface area contributed by atoms with Gasteiger partial charge in [0.1, 0.15) is 6.61 Å². The summed E-state index contributed by atoms with van der Waals surface area (Å²) in [5.41, 5.74) is 0. The molecule has 0 aromatic carbocycles. The molecule has 13 heavy (non-hydrogen) atoms. The molecule has 4 nitrogen and oxygen atoms in total. The lowest BCUT2D eigenvalue weighted by atomic mass is 9.82. The summed E-state index contributed by atoms with van der Waals surface area (Å²) < 4.78 is 2.57. The van der Waals surface area contributed by atoms with Crippen molar-refractivity contribution in [2.75, 3.05) is 0 Å². The number of aromatic nitrogens is 3. The summed E-state index contributed by atoms with van der Waals surface area (Å²) in [6.07, 6.45) is 2.28. The summed E-state index contributed by atoms with van der Waals surface area (Å²) in [5, 5.41) is 15.7. The third kappa shape index (κ3) is 1.42. The lowest BCUT2D eigenvalue weighted by molar-refractivity contribution is 0.193. The number of aromatic amines is 1. The number of H-pyrrole nitrogens is 1. The Balaban J connectivity index is 2.28. The number of hydrogen-bond donors (Lipinski definition) is 2. The number of aliphatic hydroxyl groups is 1. The fraction of sp³-hybridized carbons (Fsp3) is 0.750. The van der Waals surface area contributed by atoms with E-state index in [2.05, 4.69) is 17.1 Å². The second-order valence-corrected chi connectivity index (χ2v) is 4.09. The molecule has 1 aliphatic rings. The molecule has 0 amide bonds. The van der Waals surface area contributed by atoms with Crippen molar-refractivity contribution in [3.05, 3.63) is 10.6 Å². The fourth-order valence-corrected chi connectivity index (χ4v) is 2.20. The Kier molecular flexibility index (Phi) is 2.21. The van der Waals surface area contributed by atoms with Crippen LogP contribution in [-0.4, -0.2) is 19.9 Å². The second-order valence-electron chi connectivity index (χ2n) is 3.70. The molecule has 0 bridgehead atoms. The molecule has 1 heterocycles. The Morgan fingerprint density at radius 2 is 2.38 bits per heavy atom. The number of nitrogens with zero attached hydrogens (tertiary/aromatic N) is 2. The topological polar surface area (TPSA) is 53.8 Å². The maximum absolute atomic E-state index is 9.02. The minimum absolute atomic E-state index is 0.0436. The molecule has 1 saturated carbocycles. The van der Waals surface area contributed by atoms with Crippen LogP contribution in [0.15, 0.2) is 0 Å². The van der Waals surface area contributed by atoms with Crippen LogP contribution in [-0.2, 0) is 6.61 Å². The predicted octanol–water partition coefficient (Wildman–Crippen LogP) is 1.40. The van der Waals surface area contributed by atoms with Gasteiger partial charge in [0, 0.05) is 6.04 Å². The van der Waals surface area contributed by atoms with Crippen LogP contribution in [0.3, 0.4) is 0 Å². The molecule has 2 rings (SSSR count). The van der Waals surface area contributed by atoms with Gasteiger partial charge in [0.2, 0.25) is 0 Å². The lowest BCUT2D eigenvalue weighted by Crippen LogP contribution is -2.26. The van der Waals surface area contributed by atoms with Gasteiger partial charge in [-0.1, -0.05) is 6.92 Å². The zero-order chi connectivity index (χ0) is 9.42. The average Bonchev–Trinajstić information content (AvgIpc) is 2.41. The minimum Gasteiger partial charge on any atom is -0.388 e. The van der Waals surface area contributed by atoms with Crippen LogP contribution >= 0.6 is 12.2 Å². The van der Waals surface area contributed by atoms with Gasteiger partial charge in [-0.2, -0.15) is 5.10 Å². The van der Waals surface area contributed by atoms with E-state index in [4.69, 9.17) is 17.3 Å². The van der Waals surface area contributed by atoms with Gasteiger partial charge >= 0.3 is 0 Å². The third-order valence-corrected chi connectivity index (χ3v) is 2.92. The highest BCUT2D eigenvalue weighted by Crippen LogP contribution is 2.37. The van der Waals surface area contributed by atoms with Gasteiger partial charge in [0.15, 0.2) is 10.6 Å². The van der Waals surface area contributed by atoms with Gasteiger partial charge in [0.25, 0.3) is 0 Å². The SMILES string of the molecule is CC1CC(n2c(CO)n[nH]c2=S)C1. The number of aliphatic hydroxyl groups excluding tert-OH is 1. The first-order valence-corrected chi connectivity index (χ1v) is 4.90. The predicted molar refractivity (Wildman–Crippen MR) is 50.8 cm³/mol. The molecule has 0 spiro atoms. The van der Waals surface area contributed by atoms with Gasteiger partial charge in [-0.3, -0.25) is 9.67 Å². The van der Waals surface area contributed by atoms with Crippen LogP contribution < -0.4 is 0 Å². The average molecular weight is 199 g/mol. The van der Waals surface area contributed by atoms with Crippen molar-refractivity contribution in [2.45, 2.75) is 32.4 Å². The number of rotatable bonds is 2. The van der Waals surface area contributed by atoms with Crippen molar-refractivity contribution in [1.82, 2.24) is 14.8 Å². The summed E-state index contributed by atoms with van der Waals surface area (Å²) in [6, 6.07) is 0.448. The van der Waals surface area contributed by atoms with E-state index in [9.17, 15) is 0 Å². The van der Waals surface area contributed by atoms with E-state index in [-0.39, 0.29) is 6.61 Å². The number of hydrogen-bond acceptors (Lipinski definition) is 3. The number of nitrogens with one attached hydrogen (secondary N) is 1. The highest BCUT2D eigenvalue weighted by Gasteiger charge is 2.29. The molecule has 5 heteroatoms. The van der Waals surface area contributed by atoms with Gasteiger partial charge in [0.05, 0.1) is 0 Å². The molecule has 72 valence electrons. The van der Waals surface area contributed by atoms with E-state index < -0.39 is 0 Å².